The van der Waals surface area contributed by atoms with Crippen LogP contribution in [0.25, 0.3) is 0 Å². The second-order valence-corrected chi connectivity index (χ2v) is 6.13. The van der Waals surface area contributed by atoms with Crippen molar-refractivity contribution in [2.75, 3.05) is 26.3 Å². The summed E-state index contributed by atoms with van der Waals surface area (Å²) in [7, 11) is 0. The molecular formula is C17H20N2O4S. The Morgan fingerprint density at radius 3 is 2.67 bits per heavy atom. The Kier molecular flexibility index (Phi) is 5.20. The third kappa shape index (κ3) is 3.62. The molecule has 0 N–H and O–H groups in total. The molecule has 1 aliphatic rings. The predicted molar refractivity (Wildman–Crippen MR) is 91.2 cm³/mol. The molecule has 0 atom stereocenters. The molecule has 0 spiro atoms. The van der Waals surface area contributed by atoms with Gasteiger partial charge in [-0.1, -0.05) is 11.3 Å². The zero-order chi connectivity index (χ0) is 16.9. The van der Waals surface area contributed by atoms with Crippen LogP contribution in [0, 0.1) is 0 Å². The standard InChI is InChI=1S/C17H20N2O4S/c1-3-21-14-6-5-12(9-15(14)22-4-2)16(20)19-10-13(11-19)23-17-18-7-8-24-17/h5-9,13H,3-4,10-11H2,1-2H3. The Bertz CT molecular complexity index is 684. The Hall–Kier alpha value is -2.28. The third-order valence-electron chi connectivity index (χ3n) is 3.60. The molecule has 1 aromatic heterocycles. The quantitative estimate of drug-likeness (QED) is 0.770. The van der Waals surface area contributed by atoms with E-state index >= 15 is 0 Å². The normalized spacial score (nSPS) is 14.2. The second-order valence-electron chi connectivity index (χ2n) is 5.28. The molecule has 0 saturated carbocycles. The summed E-state index contributed by atoms with van der Waals surface area (Å²) in [4.78, 5) is 18.4. The molecule has 7 heteroatoms. The van der Waals surface area contributed by atoms with Gasteiger partial charge in [0.1, 0.15) is 6.10 Å². The Morgan fingerprint density at radius 1 is 1.25 bits per heavy atom. The summed E-state index contributed by atoms with van der Waals surface area (Å²) in [6.45, 7) is 6.02. The minimum atomic E-state index is -0.0296. The van der Waals surface area contributed by atoms with E-state index in [2.05, 4.69) is 4.98 Å². The maximum atomic E-state index is 12.6. The molecule has 1 aromatic carbocycles. The van der Waals surface area contributed by atoms with Crippen LogP contribution in [0.15, 0.2) is 29.8 Å². The van der Waals surface area contributed by atoms with E-state index in [1.54, 1.807) is 29.3 Å². The predicted octanol–water partition coefficient (Wildman–Crippen LogP) is 2.84. The highest BCUT2D eigenvalue weighted by molar-refractivity contribution is 7.11. The van der Waals surface area contributed by atoms with Gasteiger partial charge in [0.05, 0.1) is 26.3 Å². The second kappa shape index (κ2) is 7.53. The fourth-order valence-corrected chi connectivity index (χ4v) is 3.01. The van der Waals surface area contributed by atoms with Gasteiger partial charge in [0.2, 0.25) is 0 Å². The SMILES string of the molecule is CCOc1ccc(C(=O)N2CC(Oc3nccs3)C2)cc1OCC. The van der Waals surface area contributed by atoms with Gasteiger partial charge in [-0.05, 0) is 32.0 Å². The van der Waals surface area contributed by atoms with Crippen molar-refractivity contribution in [2.45, 2.75) is 20.0 Å². The van der Waals surface area contributed by atoms with E-state index < -0.39 is 0 Å². The summed E-state index contributed by atoms with van der Waals surface area (Å²) in [5.41, 5.74) is 0.592. The molecule has 0 unspecified atom stereocenters. The number of nitrogens with zero attached hydrogens (tertiary/aromatic N) is 2. The van der Waals surface area contributed by atoms with Gasteiger partial charge in [0, 0.05) is 17.1 Å². The highest BCUT2D eigenvalue weighted by atomic mass is 32.1. The minimum absolute atomic E-state index is 0.00848. The van der Waals surface area contributed by atoms with Gasteiger partial charge in [-0.2, -0.15) is 0 Å². The highest BCUT2D eigenvalue weighted by Gasteiger charge is 2.33. The van der Waals surface area contributed by atoms with Crippen LogP contribution in [0.3, 0.4) is 0 Å². The summed E-state index contributed by atoms with van der Waals surface area (Å²) in [6, 6.07) is 5.29. The number of aromatic nitrogens is 1. The van der Waals surface area contributed by atoms with E-state index in [4.69, 9.17) is 14.2 Å². The van der Waals surface area contributed by atoms with Gasteiger partial charge in [0.15, 0.2) is 11.5 Å². The fraction of sp³-hybridized carbons (Fsp3) is 0.412. The Balaban J connectivity index is 1.62. The van der Waals surface area contributed by atoms with Gasteiger partial charge >= 0.3 is 0 Å². The van der Waals surface area contributed by atoms with Crippen molar-refractivity contribution in [3.8, 4) is 16.7 Å². The van der Waals surface area contributed by atoms with Crippen molar-refractivity contribution >= 4 is 17.2 Å². The molecule has 2 aromatic rings. The lowest BCUT2D eigenvalue weighted by atomic mass is 10.1. The molecule has 2 heterocycles. The van der Waals surface area contributed by atoms with E-state index in [9.17, 15) is 4.79 Å². The number of hydrogen-bond acceptors (Lipinski definition) is 6. The summed E-state index contributed by atoms with van der Waals surface area (Å²) >= 11 is 1.45. The van der Waals surface area contributed by atoms with E-state index in [0.717, 1.165) is 0 Å². The van der Waals surface area contributed by atoms with E-state index in [1.165, 1.54) is 11.3 Å². The number of benzene rings is 1. The number of amides is 1. The molecule has 0 bridgehead atoms. The van der Waals surface area contributed by atoms with Gasteiger partial charge in [-0.15, -0.1) is 0 Å². The van der Waals surface area contributed by atoms with Crippen molar-refractivity contribution in [1.82, 2.24) is 9.88 Å². The largest absolute Gasteiger partial charge is 0.490 e. The van der Waals surface area contributed by atoms with Crippen LogP contribution in [0.2, 0.25) is 0 Å². The average Bonchev–Trinajstić information content (AvgIpc) is 3.05. The maximum Gasteiger partial charge on any atom is 0.273 e. The lowest BCUT2D eigenvalue weighted by Crippen LogP contribution is -2.56. The van der Waals surface area contributed by atoms with Crippen molar-refractivity contribution in [1.29, 1.82) is 0 Å². The number of thiazole rings is 1. The lowest BCUT2D eigenvalue weighted by Gasteiger charge is -2.38. The van der Waals surface area contributed by atoms with Crippen LogP contribution >= 0.6 is 11.3 Å². The Labute approximate surface area is 145 Å². The molecule has 24 heavy (non-hydrogen) atoms. The molecule has 6 nitrogen and oxygen atoms in total. The minimum Gasteiger partial charge on any atom is -0.490 e. The van der Waals surface area contributed by atoms with Gasteiger partial charge < -0.3 is 19.1 Å². The molecular weight excluding hydrogens is 328 g/mol. The van der Waals surface area contributed by atoms with Crippen molar-refractivity contribution in [3.63, 3.8) is 0 Å². The molecule has 3 rings (SSSR count). The van der Waals surface area contributed by atoms with Gasteiger partial charge in [0.25, 0.3) is 11.1 Å². The number of rotatable bonds is 7. The van der Waals surface area contributed by atoms with E-state index in [0.29, 0.717) is 48.6 Å². The first-order valence-corrected chi connectivity index (χ1v) is 8.84. The van der Waals surface area contributed by atoms with E-state index in [-0.39, 0.29) is 12.0 Å². The first-order valence-electron chi connectivity index (χ1n) is 7.96. The maximum absolute atomic E-state index is 12.6. The number of carbonyl (C=O) groups excluding carboxylic acids is 1. The van der Waals surface area contributed by atoms with Crippen molar-refractivity contribution in [3.05, 3.63) is 35.3 Å². The van der Waals surface area contributed by atoms with Crippen LogP contribution in [-0.4, -0.2) is 48.2 Å². The van der Waals surface area contributed by atoms with Crippen LogP contribution in [0.1, 0.15) is 24.2 Å². The monoisotopic (exact) mass is 348 g/mol. The molecule has 128 valence electrons. The zero-order valence-electron chi connectivity index (χ0n) is 13.7. The topological polar surface area (TPSA) is 60.9 Å². The summed E-state index contributed by atoms with van der Waals surface area (Å²) < 4.78 is 16.8. The van der Waals surface area contributed by atoms with E-state index in [1.807, 2.05) is 19.2 Å². The Morgan fingerprint density at radius 2 is 2.00 bits per heavy atom. The average molecular weight is 348 g/mol. The molecule has 0 aliphatic carbocycles. The van der Waals surface area contributed by atoms with Gasteiger partial charge in [-0.3, -0.25) is 4.79 Å². The van der Waals surface area contributed by atoms with Crippen LogP contribution in [0.5, 0.6) is 16.7 Å². The molecule has 1 fully saturated rings. The molecule has 1 saturated heterocycles. The van der Waals surface area contributed by atoms with Crippen molar-refractivity contribution < 1.29 is 19.0 Å². The number of carbonyl (C=O) groups is 1. The number of ether oxygens (including phenoxy) is 3. The van der Waals surface area contributed by atoms with Crippen LogP contribution in [-0.2, 0) is 0 Å². The number of hydrogen-bond donors (Lipinski definition) is 0. The summed E-state index contributed by atoms with van der Waals surface area (Å²) in [5.74, 6) is 1.23. The smallest absolute Gasteiger partial charge is 0.273 e. The first kappa shape index (κ1) is 16.6. The van der Waals surface area contributed by atoms with Crippen LogP contribution < -0.4 is 14.2 Å². The van der Waals surface area contributed by atoms with Crippen molar-refractivity contribution in [2.24, 2.45) is 0 Å². The summed E-state index contributed by atoms with van der Waals surface area (Å²) in [5, 5.41) is 2.51. The van der Waals surface area contributed by atoms with Crippen LogP contribution in [0.4, 0.5) is 0 Å². The summed E-state index contributed by atoms with van der Waals surface area (Å²) in [6.07, 6.45) is 1.71. The third-order valence-corrected chi connectivity index (χ3v) is 4.26. The first-order chi connectivity index (χ1) is 11.7. The lowest BCUT2D eigenvalue weighted by molar-refractivity contribution is 0.0177. The number of likely N-dealkylation sites (tertiary alicyclic amines) is 1. The zero-order valence-corrected chi connectivity index (χ0v) is 14.5. The molecule has 1 aliphatic heterocycles. The molecule has 1 amide bonds. The fourth-order valence-electron chi connectivity index (χ4n) is 2.46. The van der Waals surface area contributed by atoms with Gasteiger partial charge in [-0.25, -0.2) is 4.98 Å². The molecule has 0 radical (unpaired) electrons. The highest BCUT2D eigenvalue weighted by Crippen LogP contribution is 2.30.